The van der Waals surface area contributed by atoms with Crippen LogP contribution >= 0.6 is 11.8 Å². The summed E-state index contributed by atoms with van der Waals surface area (Å²) in [5.74, 6) is 0.236. The average Bonchev–Trinajstić information content (AvgIpc) is 2.73. The van der Waals surface area contributed by atoms with Gasteiger partial charge < -0.3 is 10.2 Å². The van der Waals surface area contributed by atoms with Gasteiger partial charge in [0, 0.05) is 18.0 Å². The molecule has 0 fully saturated rings. The minimum atomic E-state index is -0.464. The number of hydrogen-bond donors (Lipinski definition) is 1. The van der Waals surface area contributed by atoms with Gasteiger partial charge in [-0.05, 0) is 44.4 Å². The Hall–Kier alpha value is -2.27. The van der Waals surface area contributed by atoms with Gasteiger partial charge in [0.2, 0.25) is 11.8 Å². The Morgan fingerprint density at radius 1 is 1.03 bits per heavy atom. The van der Waals surface area contributed by atoms with Gasteiger partial charge in [0.05, 0.1) is 5.75 Å². The lowest BCUT2D eigenvalue weighted by Gasteiger charge is -2.30. The van der Waals surface area contributed by atoms with Crippen molar-refractivity contribution in [3.8, 4) is 0 Å². The summed E-state index contributed by atoms with van der Waals surface area (Å²) in [6.45, 7) is 9.24. The van der Waals surface area contributed by atoms with Crippen molar-refractivity contribution in [3.05, 3.63) is 65.2 Å². The van der Waals surface area contributed by atoms with Gasteiger partial charge in [-0.25, -0.2) is 0 Å². The molecule has 0 spiro atoms. The first-order valence-corrected chi connectivity index (χ1v) is 11.7. The number of nitrogens with one attached hydrogen (secondary N) is 1. The Balaban J connectivity index is 2.16. The van der Waals surface area contributed by atoms with E-state index >= 15 is 0 Å². The highest BCUT2D eigenvalue weighted by molar-refractivity contribution is 8.00. The van der Waals surface area contributed by atoms with Crippen LogP contribution in [-0.2, 0) is 16.1 Å². The van der Waals surface area contributed by atoms with Crippen LogP contribution in [0.25, 0.3) is 0 Å². The van der Waals surface area contributed by atoms with E-state index in [-0.39, 0.29) is 11.8 Å². The van der Waals surface area contributed by atoms with Gasteiger partial charge in [-0.15, -0.1) is 11.8 Å². The lowest BCUT2D eigenvalue weighted by atomic mass is 10.1. The Bertz CT molecular complexity index is 820. The second kappa shape index (κ2) is 12.4. The number of amides is 2. The largest absolute Gasteiger partial charge is 0.354 e. The molecule has 0 aliphatic carbocycles. The monoisotopic (exact) mass is 426 g/mol. The molecule has 0 unspecified atom stereocenters. The molecule has 2 amide bonds. The van der Waals surface area contributed by atoms with Gasteiger partial charge >= 0.3 is 0 Å². The average molecular weight is 427 g/mol. The van der Waals surface area contributed by atoms with Crippen LogP contribution in [0.5, 0.6) is 0 Å². The molecule has 5 heteroatoms. The summed E-state index contributed by atoms with van der Waals surface area (Å²) in [5, 5.41) is 3.01. The number of aryl methyl sites for hydroxylation is 2. The molecule has 0 radical (unpaired) electrons. The van der Waals surface area contributed by atoms with E-state index in [0.29, 0.717) is 25.3 Å². The third-order valence-corrected chi connectivity index (χ3v) is 6.03. The molecule has 2 aromatic rings. The SMILES string of the molecule is CCCCNC(=O)[C@H](CC)N(Cc1cccc(C)c1)C(=O)CSc1ccc(C)cc1. The molecule has 0 aliphatic heterocycles. The zero-order valence-corrected chi connectivity index (χ0v) is 19.4. The fourth-order valence-corrected chi connectivity index (χ4v) is 4.08. The molecule has 0 aromatic heterocycles. The van der Waals surface area contributed by atoms with Crippen LogP contribution in [0.15, 0.2) is 53.4 Å². The van der Waals surface area contributed by atoms with Gasteiger partial charge in [0.1, 0.15) is 6.04 Å². The molecule has 0 saturated carbocycles. The molecule has 30 heavy (non-hydrogen) atoms. The minimum Gasteiger partial charge on any atom is -0.354 e. The first-order chi connectivity index (χ1) is 14.4. The van der Waals surface area contributed by atoms with Gasteiger partial charge in [-0.2, -0.15) is 0 Å². The van der Waals surface area contributed by atoms with E-state index in [4.69, 9.17) is 0 Å². The fraction of sp³-hybridized carbons (Fsp3) is 0.440. The van der Waals surface area contributed by atoms with Crippen molar-refractivity contribution < 1.29 is 9.59 Å². The molecular weight excluding hydrogens is 392 g/mol. The molecule has 4 nitrogen and oxygen atoms in total. The summed E-state index contributed by atoms with van der Waals surface area (Å²) in [5.41, 5.74) is 3.39. The lowest BCUT2D eigenvalue weighted by molar-refractivity contribution is -0.139. The third kappa shape index (κ3) is 7.52. The lowest BCUT2D eigenvalue weighted by Crippen LogP contribution is -2.49. The van der Waals surface area contributed by atoms with Crippen LogP contribution in [0.1, 0.15) is 49.8 Å². The zero-order valence-electron chi connectivity index (χ0n) is 18.6. The fourth-order valence-electron chi connectivity index (χ4n) is 3.30. The number of hydrogen-bond acceptors (Lipinski definition) is 3. The number of carbonyl (C=O) groups is 2. The molecule has 2 rings (SSSR count). The molecular formula is C25H34N2O2S. The van der Waals surface area contributed by atoms with Crippen molar-refractivity contribution >= 4 is 23.6 Å². The van der Waals surface area contributed by atoms with Crippen LogP contribution in [0.4, 0.5) is 0 Å². The molecule has 0 heterocycles. The van der Waals surface area contributed by atoms with Crippen molar-refractivity contribution in [2.24, 2.45) is 0 Å². The molecule has 162 valence electrons. The predicted octanol–water partition coefficient (Wildman–Crippen LogP) is 5.12. The summed E-state index contributed by atoms with van der Waals surface area (Å²) in [6, 6.07) is 15.8. The molecule has 1 atom stereocenters. The van der Waals surface area contributed by atoms with Crippen LogP contribution < -0.4 is 5.32 Å². The van der Waals surface area contributed by atoms with Crippen molar-refractivity contribution in [3.63, 3.8) is 0 Å². The Morgan fingerprint density at radius 2 is 1.77 bits per heavy atom. The maximum Gasteiger partial charge on any atom is 0.242 e. The second-order valence-corrected chi connectivity index (χ2v) is 8.73. The summed E-state index contributed by atoms with van der Waals surface area (Å²) >= 11 is 1.52. The van der Waals surface area contributed by atoms with E-state index in [1.807, 2.05) is 63.2 Å². The normalized spacial score (nSPS) is 11.7. The Labute approximate surface area is 185 Å². The Kier molecular flexibility index (Phi) is 9.95. The molecule has 0 bridgehead atoms. The predicted molar refractivity (Wildman–Crippen MR) is 126 cm³/mol. The summed E-state index contributed by atoms with van der Waals surface area (Å²) in [6.07, 6.45) is 2.55. The summed E-state index contributed by atoms with van der Waals surface area (Å²) in [7, 11) is 0. The number of nitrogens with zero attached hydrogens (tertiary/aromatic N) is 1. The maximum absolute atomic E-state index is 13.2. The standard InChI is InChI=1S/C25H34N2O2S/c1-5-7-15-26-25(29)23(6-2)27(17-21-10-8-9-20(4)16-21)24(28)18-30-22-13-11-19(3)12-14-22/h8-14,16,23H,5-7,15,17-18H2,1-4H3,(H,26,29)/t23-/m0/s1. The van der Waals surface area contributed by atoms with Gasteiger partial charge in [0.25, 0.3) is 0 Å². The molecule has 0 aliphatic rings. The van der Waals surface area contributed by atoms with Crippen LogP contribution in [0, 0.1) is 13.8 Å². The topological polar surface area (TPSA) is 49.4 Å². The minimum absolute atomic E-state index is 0.0143. The van der Waals surface area contributed by atoms with Gasteiger partial charge in [-0.3, -0.25) is 9.59 Å². The Morgan fingerprint density at radius 3 is 2.40 bits per heavy atom. The highest BCUT2D eigenvalue weighted by Gasteiger charge is 2.28. The van der Waals surface area contributed by atoms with E-state index in [2.05, 4.69) is 18.3 Å². The number of thioether (sulfide) groups is 1. The van der Waals surface area contributed by atoms with Crippen molar-refractivity contribution in [1.82, 2.24) is 10.2 Å². The molecule has 1 N–H and O–H groups in total. The first kappa shape index (κ1) is 24.0. The van der Waals surface area contributed by atoms with E-state index in [9.17, 15) is 9.59 Å². The molecule has 0 saturated heterocycles. The van der Waals surface area contributed by atoms with E-state index in [1.165, 1.54) is 17.3 Å². The quantitative estimate of drug-likeness (QED) is 0.401. The van der Waals surface area contributed by atoms with E-state index in [0.717, 1.165) is 28.9 Å². The number of carbonyl (C=O) groups excluding carboxylic acids is 2. The smallest absolute Gasteiger partial charge is 0.242 e. The second-order valence-electron chi connectivity index (χ2n) is 7.68. The van der Waals surface area contributed by atoms with Gasteiger partial charge in [0.15, 0.2) is 0 Å². The van der Waals surface area contributed by atoms with Crippen LogP contribution in [0.3, 0.4) is 0 Å². The highest BCUT2D eigenvalue weighted by Crippen LogP contribution is 2.21. The highest BCUT2D eigenvalue weighted by atomic mass is 32.2. The number of benzene rings is 2. The first-order valence-electron chi connectivity index (χ1n) is 10.8. The van der Waals surface area contributed by atoms with Crippen molar-refractivity contribution in [2.45, 2.75) is 64.4 Å². The van der Waals surface area contributed by atoms with Gasteiger partial charge in [-0.1, -0.05) is 67.8 Å². The summed E-state index contributed by atoms with van der Waals surface area (Å²) in [4.78, 5) is 28.9. The third-order valence-electron chi connectivity index (χ3n) is 5.03. The zero-order chi connectivity index (χ0) is 21.9. The number of unbranched alkanes of at least 4 members (excludes halogenated alkanes) is 1. The maximum atomic E-state index is 13.2. The van der Waals surface area contributed by atoms with Crippen LogP contribution in [0.2, 0.25) is 0 Å². The summed E-state index contributed by atoms with van der Waals surface area (Å²) < 4.78 is 0. The number of rotatable bonds is 11. The molecule has 2 aromatic carbocycles. The van der Waals surface area contributed by atoms with E-state index < -0.39 is 6.04 Å². The van der Waals surface area contributed by atoms with Crippen molar-refractivity contribution in [2.75, 3.05) is 12.3 Å². The van der Waals surface area contributed by atoms with Crippen LogP contribution in [-0.4, -0.2) is 35.1 Å². The van der Waals surface area contributed by atoms with Crippen molar-refractivity contribution in [1.29, 1.82) is 0 Å². The van der Waals surface area contributed by atoms with E-state index in [1.54, 1.807) is 4.90 Å².